The highest BCUT2D eigenvalue weighted by Crippen LogP contribution is 2.19. The van der Waals surface area contributed by atoms with E-state index in [0.29, 0.717) is 11.3 Å². The van der Waals surface area contributed by atoms with E-state index in [1.54, 1.807) is 24.3 Å². The number of benzene rings is 1. The van der Waals surface area contributed by atoms with E-state index < -0.39 is 0 Å². The zero-order valence-electron chi connectivity index (χ0n) is 7.67. The predicted molar refractivity (Wildman–Crippen MR) is 50.7 cm³/mol. The van der Waals surface area contributed by atoms with Gasteiger partial charge in [0.1, 0.15) is 6.61 Å². The maximum atomic E-state index is 10.6. The molecule has 0 atom stereocenters. The van der Waals surface area contributed by atoms with Gasteiger partial charge in [0.05, 0.1) is 0 Å². The van der Waals surface area contributed by atoms with Gasteiger partial charge in [0.15, 0.2) is 0 Å². The number of hydrogen-bond acceptors (Lipinski definition) is 3. The minimum Gasteiger partial charge on any atom is -0.461 e. The first-order valence-electron chi connectivity index (χ1n) is 4.00. The van der Waals surface area contributed by atoms with E-state index in [4.69, 9.17) is 10.3 Å². The first-order valence-corrected chi connectivity index (χ1v) is 4.00. The molecule has 0 heterocycles. The first-order chi connectivity index (χ1) is 6.74. The zero-order valence-corrected chi connectivity index (χ0v) is 7.67. The van der Waals surface area contributed by atoms with E-state index in [2.05, 4.69) is 10.0 Å². The van der Waals surface area contributed by atoms with Crippen molar-refractivity contribution in [1.82, 2.24) is 0 Å². The number of azide groups is 1. The summed E-state index contributed by atoms with van der Waals surface area (Å²) >= 11 is 0. The van der Waals surface area contributed by atoms with Gasteiger partial charge >= 0.3 is 5.97 Å². The van der Waals surface area contributed by atoms with Crippen LogP contribution < -0.4 is 0 Å². The molecular weight excluding hydrogens is 182 g/mol. The van der Waals surface area contributed by atoms with Crippen molar-refractivity contribution in [3.8, 4) is 0 Å². The Bertz CT molecular complexity index is 383. The second-order valence-electron chi connectivity index (χ2n) is 2.60. The van der Waals surface area contributed by atoms with Crippen LogP contribution in [0.4, 0.5) is 5.69 Å². The smallest absolute Gasteiger partial charge is 0.302 e. The van der Waals surface area contributed by atoms with Crippen LogP contribution in [0, 0.1) is 0 Å². The summed E-state index contributed by atoms with van der Waals surface area (Å²) in [4.78, 5) is 13.2. The fourth-order valence-electron chi connectivity index (χ4n) is 0.958. The molecule has 0 amide bonds. The van der Waals surface area contributed by atoms with Gasteiger partial charge in [0.25, 0.3) is 0 Å². The molecule has 1 aromatic carbocycles. The van der Waals surface area contributed by atoms with Crippen molar-refractivity contribution in [2.45, 2.75) is 13.5 Å². The third-order valence-electron chi connectivity index (χ3n) is 1.58. The van der Waals surface area contributed by atoms with Crippen LogP contribution in [0.2, 0.25) is 0 Å². The molecule has 0 N–H and O–H groups in total. The van der Waals surface area contributed by atoms with Gasteiger partial charge in [-0.25, -0.2) is 0 Å². The van der Waals surface area contributed by atoms with Crippen LogP contribution in [-0.2, 0) is 16.1 Å². The molecule has 5 heteroatoms. The van der Waals surface area contributed by atoms with Crippen LogP contribution in [0.5, 0.6) is 0 Å². The standard InChI is InChI=1S/C9H9N3O2/c1-7(13)14-6-8-4-2-3-5-9(8)11-12-10/h2-5H,6H2,1H3. The number of rotatable bonds is 3. The van der Waals surface area contributed by atoms with Gasteiger partial charge in [-0.3, -0.25) is 4.79 Å². The number of hydrogen-bond donors (Lipinski definition) is 0. The predicted octanol–water partition coefficient (Wildman–Crippen LogP) is 2.69. The molecule has 1 aromatic rings. The van der Waals surface area contributed by atoms with Crippen molar-refractivity contribution >= 4 is 11.7 Å². The average Bonchev–Trinajstić information content (AvgIpc) is 2.17. The van der Waals surface area contributed by atoms with E-state index in [-0.39, 0.29) is 12.6 Å². The average molecular weight is 191 g/mol. The van der Waals surface area contributed by atoms with E-state index in [9.17, 15) is 4.79 Å². The van der Waals surface area contributed by atoms with Gasteiger partial charge in [0, 0.05) is 17.5 Å². The van der Waals surface area contributed by atoms with Crippen molar-refractivity contribution in [2.75, 3.05) is 0 Å². The monoisotopic (exact) mass is 191 g/mol. The molecule has 14 heavy (non-hydrogen) atoms. The van der Waals surface area contributed by atoms with Crippen LogP contribution in [-0.4, -0.2) is 5.97 Å². The first kappa shape index (κ1) is 10.1. The summed E-state index contributed by atoms with van der Waals surface area (Å²) < 4.78 is 4.79. The highest BCUT2D eigenvalue weighted by Gasteiger charge is 2.00. The van der Waals surface area contributed by atoms with Gasteiger partial charge in [-0.15, -0.1) is 0 Å². The van der Waals surface area contributed by atoms with Crippen LogP contribution in [0.1, 0.15) is 12.5 Å². The third kappa shape index (κ3) is 2.80. The van der Waals surface area contributed by atoms with Crippen LogP contribution >= 0.6 is 0 Å². The van der Waals surface area contributed by atoms with Gasteiger partial charge in [-0.2, -0.15) is 0 Å². The van der Waals surface area contributed by atoms with Crippen molar-refractivity contribution in [3.05, 3.63) is 40.3 Å². The van der Waals surface area contributed by atoms with Gasteiger partial charge < -0.3 is 4.74 Å². The van der Waals surface area contributed by atoms with E-state index in [1.807, 2.05) is 0 Å². The molecule has 0 aliphatic carbocycles. The number of nitrogens with zero attached hydrogens (tertiary/aromatic N) is 3. The van der Waals surface area contributed by atoms with Crippen LogP contribution in [0.25, 0.3) is 10.4 Å². The Hall–Kier alpha value is -2.00. The Morgan fingerprint density at radius 1 is 1.57 bits per heavy atom. The van der Waals surface area contributed by atoms with Crippen molar-refractivity contribution in [3.63, 3.8) is 0 Å². The minimum absolute atomic E-state index is 0.129. The van der Waals surface area contributed by atoms with E-state index in [1.165, 1.54) is 6.92 Å². The lowest BCUT2D eigenvalue weighted by Crippen LogP contribution is -1.98. The number of carbonyl (C=O) groups is 1. The number of esters is 1. The molecule has 0 aliphatic rings. The molecular formula is C9H9N3O2. The summed E-state index contributed by atoms with van der Waals surface area (Å²) in [6.07, 6.45) is 0. The van der Waals surface area contributed by atoms with Gasteiger partial charge in [-0.1, -0.05) is 29.4 Å². The molecule has 0 bridgehead atoms. The molecule has 0 saturated carbocycles. The quantitative estimate of drug-likeness (QED) is 0.319. The fraction of sp³-hybridized carbons (Fsp3) is 0.222. The molecule has 0 radical (unpaired) electrons. The summed E-state index contributed by atoms with van der Waals surface area (Å²) in [5.41, 5.74) is 9.45. The Labute approximate surface area is 80.9 Å². The zero-order chi connectivity index (χ0) is 10.4. The summed E-state index contributed by atoms with van der Waals surface area (Å²) in [5.74, 6) is -0.360. The summed E-state index contributed by atoms with van der Waals surface area (Å²) in [5, 5.41) is 3.47. The lowest BCUT2D eigenvalue weighted by molar-refractivity contribution is -0.142. The molecule has 1 rings (SSSR count). The molecule has 0 aromatic heterocycles. The summed E-state index contributed by atoms with van der Waals surface area (Å²) in [6, 6.07) is 6.95. The van der Waals surface area contributed by atoms with Crippen molar-refractivity contribution < 1.29 is 9.53 Å². The molecule has 0 saturated heterocycles. The third-order valence-corrected chi connectivity index (χ3v) is 1.58. The van der Waals surface area contributed by atoms with Crippen molar-refractivity contribution in [2.24, 2.45) is 5.11 Å². The summed E-state index contributed by atoms with van der Waals surface area (Å²) in [7, 11) is 0. The highest BCUT2D eigenvalue weighted by molar-refractivity contribution is 5.66. The number of carbonyl (C=O) groups excluding carboxylic acids is 1. The maximum absolute atomic E-state index is 10.6. The molecule has 72 valence electrons. The second-order valence-corrected chi connectivity index (χ2v) is 2.60. The number of ether oxygens (including phenoxy) is 1. The summed E-state index contributed by atoms with van der Waals surface area (Å²) in [6.45, 7) is 1.46. The Morgan fingerprint density at radius 2 is 2.29 bits per heavy atom. The van der Waals surface area contributed by atoms with Crippen LogP contribution in [0.15, 0.2) is 29.4 Å². The van der Waals surface area contributed by atoms with Gasteiger partial charge in [0.2, 0.25) is 0 Å². The Kier molecular flexibility index (Phi) is 3.52. The Morgan fingerprint density at radius 3 is 2.93 bits per heavy atom. The SMILES string of the molecule is CC(=O)OCc1ccccc1N=[N+]=[N-]. The topological polar surface area (TPSA) is 75.1 Å². The lowest BCUT2D eigenvalue weighted by Gasteiger charge is -2.04. The van der Waals surface area contributed by atoms with E-state index in [0.717, 1.165) is 0 Å². The van der Waals surface area contributed by atoms with Gasteiger partial charge in [-0.05, 0) is 11.1 Å². The van der Waals surface area contributed by atoms with Crippen LogP contribution in [0.3, 0.4) is 0 Å². The fourth-order valence-corrected chi connectivity index (χ4v) is 0.958. The molecule has 0 spiro atoms. The Balaban J connectivity index is 2.84. The molecule has 0 fully saturated rings. The minimum atomic E-state index is -0.360. The lowest BCUT2D eigenvalue weighted by atomic mass is 10.2. The molecule has 0 unspecified atom stereocenters. The highest BCUT2D eigenvalue weighted by atomic mass is 16.5. The largest absolute Gasteiger partial charge is 0.461 e. The molecule has 5 nitrogen and oxygen atoms in total. The normalized spacial score (nSPS) is 8.93. The van der Waals surface area contributed by atoms with E-state index >= 15 is 0 Å². The maximum Gasteiger partial charge on any atom is 0.302 e. The second kappa shape index (κ2) is 4.89. The molecule has 0 aliphatic heterocycles. The van der Waals surface area contributed by atoms with Crippen molar-refractivity contribution in [1.29, 1.82) is 0 Å².